The zero-order chi connectivity index (χ0) is 18.7. The van der Waals surface area contributed by atoms with Crippen LogP contribution in [0.5, 0.6) is 0 Å². The van der Waals surface area contributed by atoms with Crippen LogP contribution in [0.1, 0.15) is 16.9 Å². The molecule has 3 aromatic carbocycles. The summed E-state index contributed by atoms with van der Waals surface area (Å²) in [6.45, 7) is 4.29. The summed E-state index contributed by atoms with van der Waals surface area (Å²) in [5.74, 6) is 1.09. The molecule has 0 aliphatic carbocycles. The Labute approximate surface area is 162 Å². The van der Waals surface area contributed by atoms with Gasteiger partial charge in [-0.25, -0.2) is 0 Å². The molecule has 0 saturated carbocycles. The summed E-state index contributed by atoms with van der Waals surface area (Å²) in [6, 6.07) is 32.8. The number of furan rings is 1. The SMILES string of the molecule is Cc1coc(C[P+](c2ccccc2)(c2ccccc2)c2ccccc2)c1C. The van der Waals surface area contributed by atoms with Crippen molar-refractivity contribution in [3.8, 4) is 0 Å². The fourth-order valence-corrected chi connectivity index (χ4v) is 7.92. The summed E-state index contributed by atoms with van der Waals surface area (Å²) in [7, 11) is -1.88. The second kappa shape index (κ2) is 7.55. The Morgan fingerprint density at radius 1 is 0.630 bits per heavy atom. The van der Waals surface area contributed by atoms with Crippen molar-refractivity contribution in [2.75, 3.05) is 0 Å². The highest BCUT2D eigenvalue weighted by molar-refractivity contribution is 7.95. The first-order chi connectivity index (χ1) is 13.2. The highest BCUT2D eigenvalue weighted by atomic mass is 31.2. The Morgan fingerprint density at radius 3 is 1.37 bits per heavy atom. The van der Waals surface area contributed by atoms with Crippen molar-refractivity contribution < 1.29 is 4.42 Å². The van der Waals surface area contributed by atoms with Crippen LogP contribution in [0.15, 0.2) is 102 Å². The molecule has 0 spiro atoms. The average molecular weight is 371 g/mol. The van der Waals surface area contributed by atoms with Gasteiger partial charge in [-0.15, -0.1) is 0 Å². The van der Waals surface area contributed by atoms with Gasteiger partial charge >= 0.3 is 0 Å². The maximum Gasteiger partial charge on any atom is 0.145 e. The van der Waals surface area contributed by atoms with Crippen molar-refractivity contribution in [1.82, 2.24) is 0 Å². The molecular formula is C25H24OP+. The van der Waals surface area contributed by atoms with Gasteiger partial charge in [-0.1, -0.05) is 54.6 Å². The molecule has 0 fully saturated rings. The Morgan fingerprint density at radius 2 is 1.04 bits per heavy atom. The molecule has 1 aromatic heterocycles. The second-order valence-corrected chi connectivity index (χ2v) is 10.4. The third-order valence-electron chi connectivity index (χ3n) is 5.36. The Hall–Kier alpha value is -2.63. The van der Waals surface area contributed by atoms with Gasteiger partial charge in [0, 0.05) is 0 Å². The van der Waals surface area contributed by atoms with Crippen molar-refractivity contribution in [1.29, 1.82) is 0 Å². The molecule has 0 atom stereocenters. The highest BCUT2D eigenvalue weighted by Gasteiger charge is 2.46. The van der Waals surface area contributed by atoms with Crippen molar-refractivity contribution >= 4 is 23.2 Å². The molecule has 0 aliphatic rings. The van der Waals surface area contributed by atoms with E-state index in [1.807, 2.05) is 6.26 Å². The highest BCUT2D eigenvalue weighted by Crippen LogP contribution is 2.58. The molecule has 0 saturated heterocycles. The van der Waals surface area contributed by atoms with Gasteiger partial charge < -0.3 is 4.42 Å². The fourth-order valence-electron chi connectivity index (χ4n) is 3.70. The van der Waals surface area contributed by atoms with Gasteiger partial charge in [0.05, 0.1) is 6.26 Å². The lowest BCUT2D eigenvalue weighted by Gasteiger charge is -2.27. The van der Waals surface area contributed by atoms with E-state index in [4.69, 9.17) is 4.42 Å². The van der Waals surface area contributed by atoms with E-state index >= 15 is 0 Å². The van der Waals surface area contributed by atoms with Crippen molar-refractivity contribution in [2.45, 2.75) is 20.0 Å². The number of hydrogen-bond donors (Lipinski definition) is 0. The predicted molar refractivity (Wildman–Crippen MR) is 117 cm³/mol. The number of rotatable bonds is 5. The smallest absolute Gasteiger partial charge is 0.145 e. The first-order valence-corrected chi connectivity index (χ1v) is 11.3. The van der Waals surface area contributed by atoms with Gasteiger partial charge in [0.15, 0.2) is 0 Å². The van der Waals surface area contributed by atoms with E-state index in [1.54, 1.807) is 0 Å². The summed E-state index contributed by atoms with van der Waals surface area (Å²) >= 11 is 0. The van der Waals surface area contributed by atoms with Crippen LogP contribution < -0.4 is 15.9 Å². The van der Waals surface area contributed by atoms with E-state index in [1.165, 1.54) is 27.0 Å². The van der Waals surface area contributed by atoms with E-state index in [9.17, 15) is 0 Å². The molecule has 27 heavy (non-hydrogen) atoms. The van der Waals surface area contributed by atoms with E-state index in [0.717, 1.165) is 11.9 Å². The lowest BCUT2D eigenvalue weighted by Crippen LogP contribution is -2.32. The lowest BCUT2D eigenvalue weighted by atomic mass is 10.2. The van der Waals surface area contributed by atoms with E-state index in [2.05, 4.69) is 105 Å². The van der Waals surface area contributed by atoms with Crippen molar-refractivity contribution in [2.24, 2.45) is 0 Å². The molecule has 4 rings (SSSR count). The van der Waals surface area contributed by atoms with E-state index < -0.39 is 7.26 Å². The van der Waals surface area contributed by atoms with E-state index in [-0.39, 0.29) is 0 Å². The van der Waals surface area contributed by atoms with Crippen LogP contribution in [-0.2, 0) is 6.16 Å². The monoisotopic (exact) mass is 371 g/mol. The summed E-state index contributed by atoms with van der Waals surface area (Å²) < 4.78 is 6.04. The minimum Gasteiger partial charge on any atom is -0.465 e. The van der Waals surface area contributed by atoms with Gasteiger partial charge in [0.1, 0.15) is 35.1 Å². The molecule has 0 amide bonds. The molecule has 1 heterocycles. The summed E-state index contributed by atoms with van der Waals surface area (Å²) in [6.07, 6.45) is 2.78. The van der Waals surface area contributed by atoms with Crippen LogP contribution in [-0.4, -0.2) is 0 Å². The van der Waals surface area contributed by atoms with Gasteiger partial charge in [-0.05, 0) is 61.4 Å². The largest absolute Gasteiger partial charge is 0.465 e. The number of hydrogen-bond acceptors (Lipinski definition) is 1. The van der Waals surface area contributed by atoms with Gasteiger partial charge in [-0.2, -0.15) is 0 Å². The van der Waals surface area contributed by atoms with Gasteiger partial charge in [0.2, 0.25) is 0 Å². The Balaban J connectivity index is 2.01. The molecule has 1 nitrogen and oxygen atoms in total. The molecular weight excluding hydrogens is 347 g/mol. The average Bonchev–Trinajstić information content (AvgIpc) is 3.06. The summed E-state index contributed by atoms with van der Waals surface area (Å²) in [5, 5.41) is 4.16. The van der Waals surface area contributed by atoms with Crippen LogP contribution >= 0.6 is 7.26 Å². The molecule has 0 bridgehead atoms. The minimum atomic E-state index is -1.88. The van der Waals surface area contributed by atoms with E-state index in [0.29, 0.717) is 0 Å². The summed E-state index contributed by atoms with van der Waals surface area (Å²) in [4.78, 5) is 0. The second-order valence-electron chi connectivity index (χ2n) is 6.94. The molecule has 0 unspecified atom stereocenters. The van der Waals surface area contributed by atoms with Crippen LogP contribution in [0.3, 0.4) is 0 Å². The minimum absolute atomic E-state index is 0.894. The first kappa shape index (κ1) is 17.8. The maximum atomic E-state index is 6.04. The predicted octanol–water partition coefficient (Wildman–Crippen LogP) is 5.39. The van der Waals surface area contributed by atoms with Crippen molar-refractivity contribution in [3.63, 3.8) is 0 Å². The topological polar surface area (TPSA) is 13.1 Å². The molecule has 2 heteroatoms. The third-order valence-corrected chi connectivity index (χ3v) is 9.66. The van der Waals surface area contributed by atoms with Crippen LogP contribution in [0.2, 0.25) is 0 Å². The number of benzene rings is 3. The zero-order valence-corrected chi connectivity index (χ0v) is 16.7. The van der Waals surface area contributed by atoms with Gasteiger partial charge in [0.25, 0.3) is 0 Å². The molecule has 134 valence electrons. The molecule has 4 aromatic rings. The summed E-state index contributed by atoms with van der Waals surface area (Å²) in [5.41, 5.74) is 2.49. The standard InChI is InChI=1S/C25H24OP/c1-20-18-26-25(21(20)2)19-27(22-12-6-3-7-13-22,23-14-8-4-9-15-23)24-16-10-5-11-17-24/h3-18H,19H2,1-2H3/q+1. The normalized spacial score (nSPS) is 11.5. The molecule has 0 radical (unpaired) electrons. The fraction of sp³-hybridized carbons (Fsp3) is 0.120. The van der Waals surface area contributed by atoms with Gasteiger partial charge in [-0.3, -0.25) is 0 Å². The quantitative estimate of drug-likeness (QED) is 0.429. The number of aryl methyl sites for hydroxylation is 1. The third kappa shape index (κ3) is 3.24. The van der Waals surface area contributed by atoms with Crippen LogP contribution in [0.4, 0.5) is 0 Å². The lowest BCUT2D eigenvalue weighted by molar-refractivity contribution is 0.525. The Kier molecular flexibility index (Phi) is 4.97. The molecule has 0 N–H and O–H groups in total. The first-order valence-electron chi connectivity index (χ1n) is 9.30. The Bertz CT molecular complexity index is 907. The zero-order valence-electron chi connectivity index (χ0n) is 15.8. The van der Waals surface area contributed by atoms with Crippen LogP contribution in [0.25, 0.3) is 0 Å². The van der Waals surface area contributed by atoms with Crippen LogP contribution in [0, 0.1) is 13.8 Å². The van der Waals surface area contributed by atoms with Crippen molar-refractivity contribution in [3.05, 3.63) is 114 Å². The maximum absolute atomic E-state index is 6.04. The molecule has 0 aliphatic heterocycles.